The van der Waals surface area contributed by atoms with Crippen LogP contribution in [0.2, 0.25) is 0 Å². The fourth-order valence-electron chi connectivity index (χ4n) is 0.977. The average molecular weight is 187 g/mol. The van der Waals surface area contributed by atoms with Crippen LogP contribution in [-0.4, -0.2) is 23.9 Å². The van der Waals surface area contributed by atoms with Crippen molar-refractivity contribution in [2.24, 2.45) is 5.16 Å². The highest BCUT2D eigenvalue weighted by Gasteiger charge is 2.03. The van der Waals surface area contributed by atoms with Gasteiger partial charge in [-0.3, -0.25) is 4.79 Å². The molecule has 1 N–H and O–H groups in total. The summed E-state index contributed by atoms with van der Waals surface area (Å²) < 4.78 is 0. The highest BCUT2D eigenvalue weighted by Crippen LogP contribution is 2.03. The summed E-state index contributed by atoms with van der Waals surface area (Å²) in [5.41, 5.74) is 0.840. The number of carboxylic acid groups (broad SMARTS) is 1. The normalized spacial score (nSPS) is 11.4. The van der Waals surface area contributed by atoms with Crippen LogP contribution in [0.15, 0.2) is 5.16 Å². The fraction of sp³-hybridized carbons (Fsp3) is 0.778. The minimum absolute atomic E-state index is 0.131. The highest BCUT2D eigenvalue weighted by atomic mass is 16.6. The first-order chi connectivity index (χ1) is 6.20. The van der Waals surface area contributed by atoms with E-state index in [1.54, 1.807) is 0 Å². The van der Waals surface area contributed by atoms with Gasteiger partial charge in [0.1, 0.15) is 7.11 Å². The quantitative estimate of drug-likeness (QED) is 0.490. The third-order valence-electron chi connectivity index (χ3n) is 1.67. The molecular weight excluding hydrogens is 170 g/mol. The number of rotatable bonds is 7. The smallest absolute Gasteiger partial charge is 0.303 e. The van der Waals surface area contributed by atoms with Crippen LogP contribution in [0.1, 0.15) is 39.0 Å². The number of aliphatic carboxylic acids is 1. The van der Waals surface area contributed by atoms with Crippen LogP contribution in [0.25, 0.3) is 0 Å². The van der Waals surface area contributed by atoms with Gasteiger partial charge in [-0.25, -0.2) is 0 Å². The first-order valence-corrected chi connectivity index (χ1v) is 4.51. The molecular formula is C9H17NO3. The predicted molar refractivity (Wildman–Crippen MR) is 50.8 cm³/mol. The maximum atomic E-state index is 10.3. The summed E-state index contributed by atoms with van der Waals surface area (Å²) in [6.45, 7) is 2.08. The van der Waals surface area contributed by atoms with Crippen LogP contribution in [0, 0.1) is 0 Å². The molecule has 0 bridgehead atoms. The minimum atomic E-state index is -0.791. The van der Waals surface area contributed by atoms with Crippen molar-refractivity contribution in [1.82, 2.24) is 0 Å². The van der Waals surface area contributed by atoms with Gasteiger partial charge in [0, 0.05) is 0 Å². The van der Waals surface area contributed by atoms with Gasteiger partial charge >= 0.3 is 5.97 Å². The molecule has 0 aromatic carbocycles. The topological polar surface area (TPSA) is 58.9 Å². The molecule has 0 aliphatic rings. The van der Waals surface area contributed by atoms with Crippen molar-refractivity contribution >= 4 is 11.7 Å². The van der Waals surface area contributed by atoms with E-state index in [-0.39, 0.29) is 6.42 Å². The molecule has 0 heterocycles. The molecule has 0 aromatic heterocycles. The van der Waals surface area contributed by atoms with E-state index >= 15 is 0 Å². The minimum Gasteiger partial charge on any atom is -0.481 e. The summed E-state index contributed by atoms with van der Waals surface area (Å²) in [6.07, 6.45) is 3.56. The third kappa shape index (κ3) is 7.31. The van der Waals surface area contributed by atoms with Crippen LogP contribution < -0.4 is 0 Å². The van der Waals surface area contributed by atoms with Crippen LogP contribution >= 0.6 is 0 Å². The Kier molecular flexibility index (Phi) is 6.96. The Bertz CT molecular complexity index is 178. The Labute approximate surface area is 78.6 Å². The molecule has 0 saturated carbocycles. The monoisotopic (exact) mass is 187 g/mol. The van der Waals surface area contributed by atoms with Gasteiger partial charge in [0.15, 0.2) is 0 Å². The van der Waals surface area contributed by atoms with E-state index in [4.69, 9.17) is 5.11 Å². The molecule has 0 amide bonds. The number of hydrogen-bond donors (Lipinski definition) is 1. The Balaban J connectivity index is 3.80. The second-order valence-electron chi connectivity index (χ2n) is 2.84. The predicted octanol–water partition coefficient (Wildman–Crippen LogP) is 2.04. The maximum Gasteiger partial charge on any atom is 0.303 e. The molecule has 0 rings (SSSR count). The first kappa shape index (κ1) is 11.9. The number of oxime groups is 1. The van der Waals surface area contributed by atoms with Crippen LogP contribution in [-0.2, 0) is 9.63 Å². The summed E-state index contributed by atoms with van der Waals surface area (Å²) in [4.78, 5) is 14.9. The van der Waals surface area contributed by atoms with Gasteiger partial charge < -0.3 is 9.94 Å². The molecule has 0 aromatic rings. The summed E-state index contributed by atoms with van der Waals surface area (Å²) in [5, 5.41) is 12.2. The zero-order chi connectivity index (χ0) is 10.1. The van der Waals surface area contributed by atoms with E-state index in [2.05, 4.69) is 16.9 Å². The molecule has 76 valence electrons. The molecule has 13 heavy (non-hydrogen) atoms. The number of nitrogens with zero attached hydrogens (tertiary/aromatic N) is 1. The summed E-state index contributed by atoms with van der Waals surface area (Å²) >= 11 is 0. The van der Waals surface area contributed by atoms with E-state index in [0.29, 0.717) is 6.42 Å². The number of carbonyl (C=O) groups is 1. The number of hydrogen-bond acceptors (Lipinski definition) is 3. The molecule has 0 spiro atoms. The lowest BCUT2D eigenvalue weighted by molar-refractivity contribution is -0.136. The van der Waals surface area contributed by atoms with Crippen LogP contribution in [0.5, 0.6) is 0 Å². The van der Waals surface area contributed by atoms with Crippen molar-refractivity contribution in [1.29, 1.82) is 0 Å². The lowest BCUT2D eigenvalue weighted by atomic mass is 10.1. The van der Waals surface area contributed by atoms with E-state index < -0.39 is 5.97 Å². The highest BCUT2D eigenvalue weighted by molar-refractivity contribution is 5.86. The Morgan fingerprint density at radius 3 is 2.54 bits per heavy atom. The summed E-state index contributed by atoms with van der Waals surface area (Å²) in [6, 6.07) is 0. The van der Waals surface area contributed by atoms with Crippen LogP contribution in [0.4, 0.5) is 0 Å². The SMILES string of the molecule is CCCC/C(CCC(=O)O)=N/OC. The lowest BCUT2D eigenvalue weighted by Gasteiger charge is -2.02. The molecule has 0 fully saturated rings. The van der Waals surface area contributed by atoms with Gasteiger partial charge in [-0.2, -0.15) is 0 Å². The van der Waals surface area contributed by atoms with Gasteiger partial charge in [-0.1, -0.05) is 18.5 Å². The second-order valence-corrected chi connectivity index (χ2v) is 2.84. The maximum absolute atomic E-state index is 10.3. The van der Waals surface area contributed by atoms with Crippen molar-refractivity contribution in [3.05, 3.63) is 0 Å². The van der Waals surface area contributed by atoms with Gasteiger partial charge in [-0.15, -0.1) is 0 Å². The number of carboxylic acids is 1. The molecule has 0 aliphatic heterocycles. The van der Waals surface area contributed by atoms with E-state index in [0.717, 1.165) is 25.0 Å². The standard InChI is InChI=1S/C9H17NO3/c1-3-4-5-8(10-13-2)6-7-9(11)12/h3-7H2,1-2H3,(H,11,12)/b10-8-. The van der Waals surface area contributed by atoms with Crippen molar-refractivity contribution in [3.8, 4) is 0 Å². The fourth-order valence-corrected chi connectivity index (χ4v) is 0.977. The van der Waals surface area contributed by atoms with E-state index in [1.807, 2.05) is 0 Å². The molecule has 0 atom stereocenters. The number of unbranched alkanes of at least 4 members (excludes halogenated alkanes) is 1. The molecule has 0 aliphatic carbocycles. The summed E-state index contributed by atoms with van der Waals surface area (Å²) in [5.74, 6) is -0.791. The lowest BCUT2D eigenvalue weighted by Crippen LogP contribution is -2.04. The van der Waals surface area contributed by atoms with E-state index in [1.165, 1.54) is 7.11 Å². The second kappa shape index (κ2) is 7.58. The zero-order valence-corrected chi connectivity index (χ0v) is 8.25. The van der Waals surface area contributed by atoms with Crippen LogP contribution in [0.3, 0.4) is 0 Å². The van der Waals surface area contributed by atoms with E-state index in [9.17, 15) is 4.79 Å². The Morgan fingerprint density at radius 2 is 2.08 bits per heavy atom. The first-order valence-electron chi connectivity index (χ1n) is 4.51. The Morgan fingerprint density at radius 1 is 1.38 bits per heavy atom. The zero-order valence-electron chi connectivity index (χ0n) is 8.25. The van der Waals surface area contributed by atoms with Gasteiger partial charge in [0.2, 0.25) is 0 Å². The average Bonchev–Trinajstić information content (AvgIpc) is 2.09. The van der Waals surface area contributed by atoms with Crippen molar-refractivity contribution in [2.75, 3.05) is 7.11 Å². The van der Waals surface area contributed by atoms with Gasteiger partial charge in [-0.05, 0) is 19.3 Å². The molecule has 0 saturated heterocycles. The molecule has 0 unspecified atom stereocenters. The molecule has 4 nitrogen and oxygen atoms in total. The van der Waals surface area contributed by atoms with Crippen molar-refractivity contribution in [3.63, 3.8) is 0 Å². The molecule has 0 radical (unpaired) electrons. The van der Waals surface area contributed by atoms with Crippen molar-refractivity contribution < 1.29 is 14.7 Å². The van der Waals surface area contributed by atoms with Gasteiger partial charge in [0.05, 0.1) is 12.1 Å². The van der Waals surface area contributed by atoms with Gasteiger partial charge in [0.25, 0.3) is 0 Å². The molecule has 4 heteroatoms. The Hall–Kier alpha value is -1.06. The largest absolute Gasteiger partial charge is 0.481 e. The third-order valence-corrected chi connectivity index (χ3v) is 1.67. The summed E-state index contributed by atoms with van der Waals surface area (Å²) in [7, 11) is 1.48. The van der Waals surface area contributed by atoms with Crippen molar-refractivity contribution in [2.45, 2.75) is 39.0 Å².